The van der Waals surface area contributed by atoms with Gasteiger partial charge in [-0.25, -0.2) is 0 Å². The molecule has 3 rings (SSSR count). The Bertz CT molecular complexity index is 452. The molecule has 0 saturated heterocycles. The number of rotatable bonds is 1. The van der Waals surface area contributed by atoms with E-state index < -0.39 is 0 Å². The Balaban J connectivity index is 0.000000853. The van der Waals surface area contributed by atoms with Crippen LogP contribution in [0.25, 0.3) is 0 Å². The van der Waals surface area contributed by atoms with Gasteiger partial charge in [-0.1, -0.05) is 48.6 Å². The van der Waals surface area contributed by atoms with Crippen LogP contribution in [0.2, 0.25) is 0 Å². The van der Waals surface area contributed by atoms with Gasteiger partial charge in [0.05, 0.1) is 5.25 Å². The van der Waals surface area contributed by atoms with Crippen LogP contribution in [0.1, 0.15) is 10.8 Å². The number of halogens is 2. The molecule has 4 heteroatoms. The summed E-state index contributed by atoms with van der Waals surface area (Å²) in [6.07, 6.45) is 8.84. The first kappa shape index (κ1) is 17.3. The number of allylic oxidation sites excluding steroid dienone is 4. The second kappa shape index (κ2) is 7.64. The van der Waals surface area contributed by atoms with Crippen LogP contribution in [0.3, 0.4) is 0 Å². The average molecular weight is 360 g/mol. The quantitative estimate of drug-likeness (QED) is 0.551. The molecule has 1 aliphatic heterocycles. The summed E-state index contributed by atoms with van der Waals surface area (Å²) in [7, 11) is 0. The molecule has 0 nitrogen and oxygen atoms in total. The molecule has 2 aliphatic rings. The van der Waals surface area contributed by atoms with Gasteiger partial charge in [-0.2, -0.15) is 0 Å². The fraction of sp³-hybridized carbons (Fsp3) is 0.0769. The third-order valence-corrected chi connectivity index (χ3v) is 3.81. The van der Waals surface area contributed by atoms with E-state index in [1.807, 2.05) is 11.8 Å². The number of hydrogen-bond donors (Lipinski definition) is 0. The van der Waals surface area contributed by atoms with Crippen molar-refractivity contribution in [3.05, 3.63) is 70.7 Å². The molecular weight excluding hydrogens is 350 g/mol. The van der Waals surface area contributed by atoms with Gasteiger partial charge in [0, 0.05) is 4.91 Å². The Labute approximate surface area is 138 Å². The minimum Gasteiger partial charge on any atom is -1.00 e. The van der Waals surface area contributed by atoms with E-state index in [-0.39, 0.29) is 51.0 Å². The van der Waals surface area contributed by atoms with Crippen molar-refractivity contribution in [3.63, 3.8) is 0 Å². The average Bonchev–Trinajstić information content (AvgIpc) is 2.78. The zero-order valence-corrected chi connectivity index (χ0v) is 13.7. The minimum absolute atomic E-state index is 0. The molecular formula is C13H10Cl2SZr. The van der Waals surface area contributed by atoms with Crippen LogP contribution in [-0.2, 0) is 26.2 Å². The molecule has 0 spiro atoms. The molecule has 0 N–H and O–H groups in total. The van der Waals surface area contributed by atoms with Gasteiger partial charge in [0.1, 0.15) is 0 Å². The van der Waals surface area contributed by atoms with Crippen molar-refractivity contribution in [3.8, 4) is 0 Å². The molecule has 17 heavy (non-hydrogen) atoms. The summed E-state index contributed by atoms with van der Waals surface area (Å²) in [6, 6.07) is 10.7. The van der Waals surface area contributed by atoms with Gasteiger partial charge in [-0.15, -0.1) is 11.8 Å². The van der Waals surface area contributed by atoms with Crippen molar-refractivity contribution >= 4 is 11.8 Å². The summed E-state index contributed by atoms with van der Waals surface area (Å²) in [5.41, 5.74) is 2.79. The van der Waals surface area contributed by atoms with Crippen molar-refractivity contribution in [2.45, 2.75) is 5.25 Å². The number of hydrogen-bond acceptors (Lipinski definition) is 1. The van der Waals surface area contributed by atoms with Gasteiger partial charge in [0.2, 0.25) is 0 Å². The van der Waals surface area contributed by atoms with Crippen LogP contribution in [0.4, 0.5) is 0 Å². The zero-order valence-electron chi connectivity index (χ0n) is 8.94. The van der Waals surface area contributed by atoms with Crippen LogP contribution in [0.15, 0.2) is 65.1 Å². The molecule has 0 aromatic heterocycles. The molecule has 1 aromatic carbocycles. The molecule has 1 aromatic rings. The van der Waals surface area contributed by atoms with E-state index >= 15 is 0 Å². The molecule has 1 aliphatic carbocycles. The first-order valence-electron chi connectivity index (χ1n) is 4.76. The smallest absolute Gasteiger partial charge is 1.00 e. The molecule has 0 fully saturated rings. The Kier molecular flexibility index (Phi) is 7.75. The maximum absolute atomic E-state index is 2.34. The first-order valence-corrected chi connectivity index (χ1v) is 5.63. The molecule has 0 bridgehead atoms. The second-order valence-electron chi connectivity index (χ2n) is 3.46. The third-order valence-electron chi connectivity index (χ3n) is 2.52. The SMILES string of the molecule is C1=CC2=CC(c3ccccc3)SC2=C1.[Cl-].[Cl-].[Zr+2]. The predicted octanol–water partition coefficient (Wildman–Crippen LogP) is -2.14. The second-order valence-corrected chi connectivity index (χ2v) is 4.64. The fourth-order valence-corrected chi connectivity index (χ4v) is 3.01. The predicted molar refractivity (Wildman–Crippen MR) is 62.1 cm³/mol. The van der Waals surface area contributed by atoms with E-state index in [2.05, 4.69) is 54.6 Å². The Hall–Kier alpha value is 0.253. The minimum atomic E-state index is 0. The van der Waals surface area contributed by atoms with Gasteiger partial charge in [0.15, 0.2) is 0 Å². The van der Waals surface area contributed by atoms with E-state index in [1.54, 1.807) is 0 Å². The topological polar surface area (TPSA) is 0 Å². The van der Waals surface area contributed by atoms with E-state index in [9.17, 15) is 0 Å². The summed E-state index contributed by atoms with van der Waals surface area (Å²) >= 11 is 1.94. The van der Waals surface area contributed by atoms with E-state index in [0.717, 1.165) is 0 Å². The third kappa shape index (κ3) is 3.61. The van der Waals surface area contributed by atoms with Crippen LogP contribution in [-0.4, -0.2) is 0 Å². The van der Waals surface area contributed by atoms with Crippen molar-refractivity contribution in [2.75, 3.05) is 0 Å². The largest absolute Gasteiger partial charge is 2.00 e. The molecule has 0 saturated carbocycles. The van der Waals surface area contributed by atoms with Gasteiger partial charge in [-0.3, -0.25) is 0 Å². The molecule has 86 valence electrons. The maximum Gasteiger partial charge on any atom is 2.00 e. The maximum atomic E-state index is 2.34. The van der Waals surface area contributed by atoms with Gasteiger partial charge >= 0.3 is 26.2 Å². The van der Waals surface area contributed by atoms with Crippen molar-refractivity contribution in [2.24, 2.45) is 0 Å². The van der Waals surface area contributed by atoms with Crippen LogP contribution in [0.5, 0.6) is 0 Å². The molecule has 1 unspecified atom stereocenters. The Morgan fingerprint density at radius 2 is 1.71 bits per heavy atom. The summed E-state index contributed by atoms with van der Waals surface area (Å²) in [6.45, 7) is 0. The summed E-state index contributed by atoms with van der Waals surface area (Å²) in [4.78, 5) is 1.42. The van der Waals surface area contributed by atoms with E-state index in [0.29, 0.717) is 5.25 Å². The number of benzene rings is 1. The normalized spacial score (nSPS) is 19.2. The monoisotopic (exact) mass is 358 g/mol. The van der Waals surface area contributed by atoms with Crippen molar-refractivity contribution in [1.82, 2.24) is 0 Å². The summed E-state index contributed by atoms with van der Waals surface area (Å²) in [5.74, 6) is 0. The summed E-state index contributed by atoms with van der Waals surface area (Å²) < 4.78 is 0. The Morgan fingerprint density at radius 3 is 2.35 bits per heavy atom. The number of thioether (sulfide) groups is 1. The van der Waals surface area contributed by atoms with Gasteiger partial charge < -0.3 is 24.8 Å². The fourth-order valence-electron chi connectivity index (χ4n) is 1.80. The van der Waals surface area contributed by atoms with Crippen LogP contribution in [0, 0.1) is 0 Å². The van der Waals surface area contributed by atoms with Crippen LogP contribution >= 0.6 is 11.8 Å². The van der Waals surface area contributed by atoms with Crippen LogP contribution < -0.4 is 24.8 Å². The van der Waals surface area contributed by atoms with Gasteiger partial charge in [0.25, 0.3) is 0 Å². The molecule has 1 heterocycles. The van der Waals surface area contributed by atoms with E-state index in [1.165, 1.54) is 16.0 Å². The first-order chi connectivity index (χ1) is 6.93. The van der Waals surface area contributed by atoms with Crippen molar-refractivity contribution < 1.29 is 51.0 Å². The molecule has 0 radical (unpaired) electrons. The molecule has 0 amide bonds. The number of fused-ring (bicyclic) bond motifs is 1. The zero-order chi connectivity index (χ0) is 9.38. The van der Waals surface area contributed by atoms with E-state index in [4.69, 9.17) is 0 Å². The Morgan fingerprint density at radius 1 is 1.00 bits per heavy atom. The summed E-state index contributed by atoms with van der Waals surface area (Å²) in [5, 5.41) is 0.516. The molecule has 1 atom stereocenters. The van der Waals surface area contributed by atoms with Gasteiger partial charge in [-0.05, 0) is 17.2 Å². The standard InChI is InChI=1S/C13H10S.2ClH.Zr/c1-2-5-10(6-3-1)13-9-11-7-4-8-12(11)14-13;;;/h1-9,13H;2*1H;/q;;;+2/p-2. The van der Waals surface area contributed by atoms with Crippen molar-refractivity contribution in [1.29, 1.82) is 0 Å².